The number of rotatable bonds is 3. The van der Waals surface area contributed by atoms with E-state index in [1.165, 1.54) is 32.1 Å². The van der Waals surface area contributed by atoms with Gasteiger partial charge in [0.15, 0.2) is 0 Å². The van der Waals surface area contributed by atoms with E-state index in [1.54, 1.807) is 0 Å². The maximum Gasteiger partial charge on any atom is 0.298 e. The Balaban J connectivity index is 2.45. The Morgan fingerprint density at radius 3 is 2.75 bits per heavy atom. The first-order valence-electron chi connectivity index (χ1n) is 5.32. The number of hydrogen-bond acceptors (Lipinski definition) is 1. The first-order valence-corrected chi connectivity index (χ1v) is 5.32. The molecule has 0 aromatic carbocycles. The van der Waals surface area contributed by atoms with Gasteiger partial charge in [-0.3, -0.25) is 0 Å². The minimum Gasteiger partial charge on any atom is -0.438 e. The van der Waals surface area contributed by atoms with Gasteiger partial charge in [-0.25, -0.2) is 0 Å². The van der Waals surface area contributed by atoms with Gasteiger partial charge in [-0.15, -0.1) is 0 Å². The number of hydrogen-bond donors (Lipinski definition) is 0. The van der Waals surface area contributed by atoms with Gasteiger partial charge in [0.1, 0.15) is 0 Å². The normalized spacial score (nSPS) is 30.8. The van der Waals surface area contributed by atoms with E-state index in [0.29, 0.717) is 6.92 Å². The molecule has 1 rings (SSSR count). The second-order valence-electron chi connectivity index (χ2n) is 4.16. The highest BCUT2D eigenvalue weighted by molar-refractivity contribution is 6.55. The fourth-order valence-electron chi connectivity index (χ4n) is 2.60. The molecule has 2 atom stereocenters. The lowest BCUT2D eigenvalue weighted by Crippen LogP contribution is -2.31. The maximum absolute atomic E-state index is 5.57. The van der Waals surface area contributed by atoms with Gasteiger partial charge >= 0.3 is 0 Å². The molecule has 0 amide bonds. The minimum atomic E-state index is 0.540. The molecule has 0 aromatic heterocycles. The zero-order valence-corrected chi connectivity index (χ0v) is 8.68. The van der Waals surface area contributed by atoms with Crippen molar-refractivity contribution in [3.8, 4) is 0 Å². The highest BCUT2D eigenvalue weighted by Crippen LogP contribution is 2.38. The van der Waals surface area contributed by atoms with Gasteiger partial charge < -0.3 is 4.65 Å². The van der Waals surface area contributed by atoms with E-state index < -0.39 is 0 Å². The van der Waals surface area contributed by atoms with Crippen molar-refractivity contribution < 1.29 is 4.65 Å². The maximum atomic E-state index is 5.57. The average molecular weight is 168 g/mol. The molecule has 2 unspecified atom stereocenters. The molecule has 0 radical (unpaired) electrons. The standard InChI is InChI=1S/C10H21BO/c1-4-6-10-8-5-7-9(2)11(10)12-3/h9-10H,4-8H2,1-3H3. The Bertz CT molecular complexity index is 125. The molecule has 1 aliphatic heterocycles. The molecular formula is C10H21BO. The van der Waals surface area contributed by atoms with Gasteiger partial charge in [-0.05, 0) is 11.6 Å². The lowest BCUT2D eigenvalue weighted by atomic mass is 9.42. The lowest BCUT2D eigenvalue weighted by Gasteiger charge is -2.32. The summed E-state index contributed by atoms with van der Waals surface area (Å²) in [5, 5.41) is 0. The van der Waals surface area contributed by atoms with Crippen LogP contribution >= 0.6 is 0 Å². The van der Waals surface area contributed by atoms with Crippen molar-refractivity contribution >= 4 is 6.92 Å². The summed E-state index contributed by atoms with van der Waals surface area (Å²) in [5.74, 6) is 1.61. The van der Waals surface area contributed by atoms with E-state index in [4.69, 9.17) is 4.65 Å². The summed E-state index contributed by atoms with van der Waals surface area (Å²) in [6, 6.07) is 0. The summed E-state index contributed by atoms with van der Waals surface area (Å²) in [7, 11) is 1.87. The predicted octanol–water partition coefficient (Wildman–Crippen LogP) is 3.37. The van der Waals surface area contributed by atoms with Gasteiger partial charge in [0.05, 0.1) is 0 Å². The molecule has 1 heterocycles. The molecule has 0 saturated carbocycles. The molecule has 12 heavy (non-hydrogen) atoms. The molecule has 0 spiro atoms. The van der Waals surface area contributed by atoms with Gasteiger partial charge in [0.25, 0.3) is 6.92 Å². The Labute approximate surface area is 77.0 Å². The summed E-state index contributed by atoms with van der Waals surface area (Å²) < 4.78 is 5.57. The molecule has 0 N–H and O–H groups in total. The third-order valence-corrected chi connectivity index (χ3v) is 3.19. The lowest BCUT2D eigenvalue weighted by molar-refractivity contribution is 0.362. The van der Waals surface area contributed by atoms with Crippen molar-refractivity contribution in [3.63, 3.8) is 0 Å². The fourth-order valence-corrected chi connectivity index (χ4v) is 2.60. The first kappa shape index (κ1) is 10.1. The molecule has 0 aliphatic carbocycles. The Kier molecular flexibility index (Phi) is 4.13. The van der Waals surface area contributed by atoms with Crippen LogP contribution in [0.25, 0.3) is 0 Å². The van der Waals surface area contributed by atoms with Gasteiger partial charge in [0.2, 0.25) is 0 Å². The van der Waals surface area contributed by atoms with Crippen molar-refractivity contribution in [2.24, 2.45) is 0 Å². The van der Waals surface area contributed by atoms with Crippen LogP contribution in [0.1, 0.15) is 46.0 Å². The van der Waals surface area contributed by atoms with Crippen LogP contribution < -0.4 is 0 Å². The molecule has 1 saturated heterocycles. The molecule has 1 nitrogen and oxygen atoms in total. The monoisotopic (exact) mass is 168 g/mol. The van der Waals surface area contributed by atoms with Crippen LogP contribution in [-0.2, 0) is 4.65 Å². The van der Waals surface area contributed by atoms with Crippen molar-refractivity contribution in [3.05, 3.63) is 0 Å². The molecule has 70 valence electrons. The molecule has 0 bridgehead atoms. The topological polar surface area (TPSA) is 9.23 Å². The average Bonchev–Trinajstić information content (AvgIpc) is 2.05. The highest BCUT2D eigenvalue weighted by Gasteiger charge is 2.34. The summed E-state index contributed by atoms with van der Waals surface area (Å²) in [5.41, 5.74) is 0. The van der Waals surface area contributed by atoms with Crippen LogP contribution in [0.5, 0.6) is 0 Å². The fraction of sp³-hybridized carbons (Fsp3) is 1.00. The largest absolute Gasteiger partial charge is 0.438 e. The molecule has 0 aromatic rings. The Morgan fingerprint density at radius 2 is 2.17 bits per heavy atom. The smallest absolute Gasteiger partial charge is 0.298 e. The van der Waals surface area contributed by atoms with Crippen molar-refractivity contribution in [2.45, 2.75) is 57.6 Å². The van der Waals surface area contributed by atoms with Crippen LogP contribution in [0.2, 0.25) is 11.6 Å². The van der Waals surface area contributed by atoms with Crippen molar-refractivity contribution in [1.82, 2.24) is 0 Å². The molecular weight excluding hydrogens is 147 g/mol. The van der Waals surface area contributed by atoms with Crippen molar-refractivity contribution in [1.29, 1.82) is 0 Å². The van der Waals surface area contributed by atoms with E-state index in [9.17, 15) is 0 Å². The zero-order valence-electron chi connectivity index (χ0n) is 8.68. The molecule has 1 aliphatic rings. The zero-order chi connectivity index (χ0) is 8.97. The van der Waals surface area contributed by atoms with E-state index in [-0.39, 0.29) is 0 Å². The second kappa shape index (κ2) is 4.91. The van der Waals surface area contributed by atoms with Crippen LogP contribution in [0.4, 0.5) is 0 Å². The summed E-state index contributed by atoms with van der Waals surface area (Å²) in [6.07, 6.45) is 6.81. The van der Waals surface area contributed by atoms with Gasteiger partial charge in [-0.2, -0.15) is 0 Å². The van der Waals surface area contributed by atoms with E-state index >= 15 is 0 Å². The molecule has 2 heteroatoms. The van der Waals surface area contributed by atoms with E-state index in [2.05, 4.69) is 13.8 Å². The van der Waals surface area contributed by atoms with Crippen LogP contribution in [-0.4, -0.2) is 14.0 Å². The quantitative estimate of drug-likeness (QED) is 0.587. The third-order valence-electron chi connectivity index (χ3n) is 3.19. The summed E-state index contributed by atoms with van der Waals surface area (Å²) in [6.45, 7) is 5.14. The summed E-state index contributed by atoms with van der Waals surface area (Å²) in [4.78, 5) is 0. The van der Waals surface area contributed by atoms with Crippen LogP contribution in [0.3, 0.4) is 0 Å². The SMILES string of the molecule is CCCC1CCCC(C)B1OC. The Hall–Kier alpha value is 0.0249. The third kappa shape index (κ3) is 2.26. The van der Waals surface area contributed by atoms with Crippen molar-refractivity contribution in [2.75, 3.05) is 7.11 Å². The van der Waals surface area contributed by atoms with Crippen LogP contribution in [0.15, 0.2) is 0 Å². The molecule has 1 fully saturated rings. The van der Waals surface area contributed by atoms with Crippen LogP contribution in [0, 0.1) is 0 Å². The van der Waals surface area contributed by atoms with E-state index in [1.807, 2.05) is 7.11 Å². The van der Waals surface area contributed by atoms with Gasteiger partial charge in [-0.1, -0.05) is 46.0 Å². The second-order valence-corrected chi connectivity index (χ2v) is 4.16. The summed E-state index contributed by atoms with van der Waals surface area (Å²) >= 11 is 0. The van der Waals surface area contributed by atoms with Gasteiger partial charge in [0, 0.05) is 7.11 Å². The first-order chi connectivity index (χ1) is 5.79. The minimum absolute atomic E-state index is 0.540. The predicted molar refractivity (Wildman–Crippen MR) is 54.7 cm³/mol. The van der Waals surface area contributed by atoms with E-state index in [0.717, 1.165) is 11.6 Å². The highest BCUT2D eigenvalue weighted by atomic mass is 16.4. The Morgan fingerprint density at radius 1 is 1.42 bits per heavy atom.